The predicted molar refractivity (Wildman–Crippen MR) is 78.0 cm³/mol. The van der Waals surface area contributed by atoms with Gasteiger partial charge in [0.25, 0.3) is 0 Å². The number of Topliss-reactive ketones (excluding diaryl/α,β-unsaturated/α-hetero) is 1. The molecular formula is C15H14OS2. The number of hydrogen-bond donors (Lipinski definition) is 0. The molecule has 3 rings (SSSR count). The Labute approximate surface area is 116 Å². The zero-order valence-corrected chi connectivity index (χ0v) is 12.0. The van der Waals surface area contributed by atoms with Crippen molar-refractivity contribution < 1.29 is 4.79 Å². The van der Waals surface area contributed by atoms with Gasteiger partial charge in [0.1, 0.15) is 0 Å². The monoisotopic (exact) mass is 274 g/mol. The van der Waals surface area contributed by atoms with Crippen LogP contribution in [0.3, 0.4) is 0 Å². The SMILES string of the molecule is CC(C)c1cccc2c1SC1=C(C=CCC1=O)S2. The van der Waals surface area contributed by atoms with Crippen LogP contribution in [0.4, 0.5) is 0 Å². The summed E-state index contributed by atoms with van der Waals surface area (Å²) in [4.78, 5) is 16.6. The Balaban J connectivity index is 2.09. The normalized spacial score (nSPS) is 18.1. The van der Waals surface area contributed by atoms with Gasteiger partial charge in [0.15, 0.2) is 5.78 Å². The van der Waals surface area contributed by atoms with Gasteiger partial charge in [-0.2, -0.15) is 0 Å². The van der Waals surface area contributed by atoms with Crippen molar-refractivity contribution in [3.05, 3.63) is 45.7 Å². The molecule has 0 fully saturated rings. The highest BCUT2D eigenvalue weighted by Crippen LogP contribution is 2.51. The first kappa shape index (κ1) is 12.1. The molecule has 0 radical (unpaired) electrons. The van der Waals surface area contributed by atoms with E-state index in [1.807, 2.05) is 6.08 Å². The molecule has 0 saturated heterocycles. The summed E-state index contributed by atoms with van der Waals surface area (Å²) in [5.41, 5.74) is 1.35. The first-order valence-electron chi connectivity index (χ1n) is 6.09. The van der Waals surface area contributed by atoms with E-state index in [1.54, 1.807) is 23.5 Å². The summed E-state index contributed by atoms with van der Waals surface area (Å²) < 4.78 is 0. The van der Waals surface area contributed by atoms with E-state index in [0.29, 0.717) is 12.3 Å². The maximum Gasteiger partial charge on any atom is 0.174 e. The lowest BCUT2D eigenvalue weighted by Crippen LogP contribution is -2.08. The van der Waals surface area contributed by atoms with E-state index < -0.39 is 0 Å². The van der Waals surface area contributed by atoms with Crippen molar-refractivity contribution >= 4 is 29.3 Å². The average molecular weight is 274 g/mol. The summed E-state index contributed by atoms with van der Waals surface area (Å²) in [6.07, 6.45) is 4.59. The van der Waals surface area contributed by atoms with Gasteiger partial charge in [0.05, 0.1) is 4.91 Å². The second-order valence-corrected chi connectivity index (χ2v) is 6.86. The third-order valence-corrected chi connectivity index (χ3v) is 5.80. The minimum absolute atomic E-state index is 0.259. The lowest BCUT2D eigenvalue weighted by Gasteiger charge is -2.24. The number of hydrogen-bond acceptors (Lipinski definition) is 3. The third kappa shape index (κ3) is 1.95. The number of ketones is 1. The smallest absolute Gasteiger partial charge is 0.174 e. The Hall–Kier alpha value is -0.930. The number of rotatable bonds is 1. The molecule has 2 aliphatic rings. The molecule has 0 atom stereocenters. The van der Waals surface area contributed by atoms with Gasteiger partial charge in [-0.1, -0.05) is 61.7 Å². The summed E-state index contributed by atoms with van der Waals surface area (Å²) in [5, 5.41) is 0. The van der Waals surface area contributed by atoms with Crippen LogP contribution in [0.25, 0.3) is 0 Å². The van der Waals surface area contributed by atoms with Crippen LogP contribution in [0.2, 0.25) is 0 Å². The third-order valence-electron chi connectivity index (χ3n) is 3.10. The molecule has 0 bridgehead atoms. The van der Waals surface area contributed by atoms with Gasteiger partial charge < -0.3 is 0 Å². The first-order valence-corrected chi connectivity index (χ1v) is 7.72. The molecule has 0 aromatic heterocycles. The summed E-state index contributed by atoms with van der Waals surface area (Å²) >= 11 is 3.39. The Morgan fingerprint density at radius 2 is 2.06 bits per heavy atom. The van der Waals surface area contributed by atoms with Gasteiger partial charge in [0.2, 0.25) is 0 Å². The number of thioether (sulfide) groups is 2. The van der Waals surface area contributed by atoms with E-state index in [2.05, 4.69) is 38.1 Å². The highest BCUT2D eigenvalue weighted by Gasteiger charge is 2.26. The van der Waals surface area contributed by atoms with Gasteiger partial charge in [0, 0.05) is 21.1 Å². The summed E-state index contributed by atoms with van der Waals surface area (Å²) in [6, 6.07) is 6.43. The molecule has 1 aromatic rings. The number of allylic oxidation sites excluding steroid dienone is 3. The fourth-order valence-electron chi connectivity index (χ4n) is 2.16. The zero-order valence-electron chi connectivity index (χ0n) is 10.4. The molecule has 1 heterocycles. The van der Waals surface area contributed by atoms with Crippen LogP contribution in [0.15, 0.2) is 50.0 Å². The number of carbonyl (C=O) groups is 1. The topological polar surface area (TPSA) is 17.1 Å². The van der Waals surface area contributed by atoms with Crippen LogP contribution in [-0.4, -0.2) is 5.78 Å². The molecule has 3 heteroatoms. The highest BCUT2D eigenvalue weighted by molar-refractivity contribution is 8.10. The van der Waals surface area contributed by atoms with E-state index in [1.165, 1.54) is 15.4 Å². The first-order chi connectivity index (χ1) is 8.66. The molecule has 0 unspecified atom stereocenters. The molecular weight excluding hydrogens is 260 g/mol. The molecule has 92 valence electrons. The minimum Gasteiger partial charge on any atom is -0.293 e. The molecule has 1 aromatic carbocycles. The number of carbonyl (C=O) groups excluding carboxylic acids is 1. The minimum atomic E-state index is 0.259. The number of benzene rings is 1. The summed E-state index contributed by atoms with van der Waals surface area (Å²) in [5.74, 6) is 0.749. The van der Waals surface area contributed by atoms with Crippen LogP contribution >= 0.6 is 23.5 Å². The second-order valence-electron chi connectivity index (χ2n) is 4.76. The zero-order chi connectivity index (χ0) is 12.7. The fraction of sp³-hybridized carbons (Fsp3) is 0.267. The highest BCUT2D eigenvalue weighted by atomic mass is 32.2. The predicted octanol–water partition coefficient (Wildman–Crippen LogP) is 4.75. The van der Waals surface area contributed by atoms with Crippen molar-refractivity contribution in [2.24, 2.45) is 0 Å². The Morgan fingerprint density at radius 3 is 2.83 bits per heavy atom. The standard InChI is InChI=1S/C15H14OS2/c1-9(2)10-5-3-7-12-14(10)18-15-11(16)6-4-8-13(15)17-12/h3-5,7-9H,6H2,1-2H3. The number of fused-ring (bicyclic) bond motifs is 1. The average Bonchev–Trinajstić information content (AvgIpc) is 2.36. The molecule has 0 spiro atoms. The fourth-order valence-corrected chi connectivity index (χ4v) is 4.79. The lowest BCUT2D eigenvalue weighted by atomic mass is 10.0. The Bertz CT molecular complexity index is 582. The van der Waals surface area contributed by atoms with Crippen molar-refractivity contribution in [1.82, 2.24) is 0 Å². The van der Waals surface area contributed by atoms with Crippen LogP contribution in [-0.2, 0) is 4.79 Å². The van der Waals surface area contributed by atoms with Crippen molar-refractivity contribution in [2.75, 3.05) is 0 Å². The van der Waals surface area contributed by atoms with Gasteiger partial charge >= 0.3 is 0 Å². The molecule has 1 aliphatic heterocycles. The largest absolute Gasteiger partial charge is 0.293 e. The second kappa shape index (κ2) is 4.63. The van der Waals surface area contributed by atoms with Crippen LogP contribution in [0.1, 0.15) is 31.7 Å². The molecule has 1 aliphatic carbocycles. The Morgan fingerprint density at radius 1 is 1.22 bits per heavy atom. The molecule has 1 nitrogen and oxygen atoms in total. The van der Waals surface area contributed by atoms with Gasteiger partial charge in [-0.15, -0.1) is 0 Å². The van der Waals surface area contributed by atoms with Crippen LogP contribution < -0.4 is 0 Å². The molecule has 18 heavy (non-hydrogen) atoms. The lowest BCUT2D eigenvalue weighted by molar-refractivity contribution is -0.114. The van der Waals surface area contributed by atoms with Crippen LogP contribution in [0.5, 0.6) is 0 Å². The van der Waals surface area contributed by atoms with E-state index in [-0.39, 0.29) is 5.78 Å². The summed E-state index contributed by atoms with van der Waals surface area (Å²) in [6.45, 7) is 4.40. The van der Waals surface area contributed by atoms with E-state index >= 15 is 0 Å². The van der Waals surface area contributed by atoms with E-state index in [9.17, 15) is 4.79 Å². The van der Waals surface area contributed by atoms with Gasteiger partial charge in [-0.05, 0) is 17.5 Å². The van der Waals surface area contributed by atoms with Crippen molar-refractivity contribution in [3.8, 4) is 0 Å². The van der Waals surface area contributed by atoms with Crippen molar-refractivity contribution in [1.29, 1.82) is 0 Å². The van der Waals surface area contributed by atoms with Crippen LogP contribution in [0, 0.1) is 0 Å². The Kier molecular flexibility index (Phi) is 3.12. The molecule has 0 amide bonds. The van der Waals surface area contributed by atoms with Gasteiger partial charge in [-0.3, -0.25) is 4.79 Å². The van der Waals surface area contributed by atoms with E-state index in [0.717, 1.165) is 9.81 Å². The quantitative estimate of drug-likeness (QED) is 0.735. The maximum absolute atomic E-state index is 12.0. The van der Waals surface area contributed by atoms with Gasteiger partial charge in [-0.25, -0.2) is 0 Å². The van der Waals surface area contributed by atoms with Crippen molar-refractivity contribution in [2.45, 2.75) is 36.0 Å². The molecule has 0 saturated carbocycles. The van der Waals surface area contributed by atoms with E-state index in [4.69, 9.17) is 0 Å². The summed E-state index contributed by atoms with van der Waals surface area (Å²) in [7, 11) is 0. The van der Waals surface area contributed by atoms with Crippen molar-refractivity contribution in [3.63, 3.8) is 0 Å². The maximum atomic E-state index is 12.0. The molecule has 0 N–H and O–H groups in total.